The molecule has 0 aliphatic carbocycles. The standard InChI is InChI=1S/C35H36N4O6S/c1-43-27-14-10-25(11-15-27)35(24-8-4-3-5-9-24,26-12-16-28(44-2)17-13-26)45-23-7-21-37-34(42)30-19-18-29(31-32(30)39-46-38-31)33(41)36-20-6-22-40/h3-5,8-19,40H,6-7,20-23H2,1-2H3,(H,36,41)(H,37,42). The molecular weight excluding hydrogens is 604 g/mol. The Hall–Kier alpha value is -4.84. The normalized spacial score (nSPS) is 11.3. The Balaban J connectivity index is 1.33. The first-order chi connectivity index (χ1) is 22.5. The highest BCUT2D eigenvalue weighted by molar-refractivity contribution is 7.00. The van der Waals surface area contributed by atoms with Crippen LogP contribution in [0.2, 0.25) is 0 Å². The van der Waals surface area contributed by atoms with E-state index in [1.807, 2.05) is 78.9 Å². The van der Waals surface area contributed by atoms with E-state index in [0.717, 1.165) is 39.9 Å². The third-order valence-electron chi connectivity index (χ3n) is 7.62. The number of ether oxygens (including phenoxy) is 3. The van der Waals surface area contributed by atoms with Crippen LogP contribution in [-0.4, -0.2) is 66.2 Å². The van der Waals surface area contributed by atoms with Gasteiger partial charge in [-0.15, -0.1) is 0 Å². The van der Waals surface area contributed by atoms with E-state index in [4.69, 9.17) is 19.3 Å². The van der Waals surface area contributed by atoms with Crippen LogP contribution in [0.3, 0.4) is 0 Å². The molecule has 11 heteroatoms. The number of nitrogens with one attached hydrogen (secondary N) is 2. The number of fused-ring (bicyclic) bond motifs is 1. The minimum atomic E-state index is -0.949. The zero-order valence-electron chi connectivity index (χ0n) is 25.7. The Morgan fingerprint density at radius 2 is 1.17 bits per heavy atom. The molecule has 46 heavy (non-hydrogen) atoms. The summed E-state index contributed by atoms with van der Waals surface area (Å²) in [5.74, 6) is 0.835. The molecule has 2 amide bonds. The van der Waals surface area contributed by atoms with Crippen LogP contribution in [0.1, 0.15) is 50.2 Å². The molecule has 0 unspecified atom stereocenters. The summed E-state index contributed by atoms with van der Waals surface area (Å²) in [5, 5.41) is 14.7. The van der Waals surface area contributed by atoms with Crippen LogP contribution >= 0.6 is 11.7 Å². The van der Waals surface area contributed by atoms with Crippen molar-refractivity contribution in [3.8, 4) is 11.5 Å². The molecule has 0 aliphatic rings. The van der Waals surface area contributed by atoms with Crippen LogP contribution in [0.5, 0.6) is 11.5 Å². The molecule has 3 N–H and O–H groups in total. The summed E-state index contributed by atoms with van der Waals surface area (Å²) in [5.41, 5.74) is 3.27. The van der Waals surface area contributed by atoms with Crippen molar-refractivity contribution in [2.45, 2.75) is 18.4 Å². The van der Waals surface area contributed by atoms with Crippen LogP contribution in [-0.2, 0) is 10.3 Å². The molecule has 5 rings (SSSR count). The predicted molar refractivity (Wildman–Crippen MR) is 177 cm³/mol. The molecule has 1 heterocycles. The Kier molecular flexibility index (Phi) is 10.9. The van der Waals surface area contributed by atoms with Gasteiger partial charge in [-0.25, -0.2) is 0 Å². The fourth-order valence-electron chi connectivity index (χ4n) is 5.28. The largest absolute Gasteiger partial charge is 0.497 e. The van der Waals surface area contributed by atoms with Crippen molar-refractivity contribution in [3.05, 3.63) is 119 Å². The van der Waals surface area contributed by atoms with Crippen molar-refractivity contribution < 1.29 is 28.9 Å². The van der Waals surface area contributed by atoms with E-state index in [-0.39, 0.29) is 18.4 Å². The van der Waals surface area contributed by atoms with Gasteiger partial charge < -0.3 is 30.0 Å². The van der Waals surface area contributed by atoms with Crippen LogP contribution in [0.15, 0.2) is 91.0 Å². The Morgan fingerprint density at radius 3 is 1.65 bits per heavy atom. The molecule has 0 bridgehead atoms. The summed E-state index contributed by atoms with van der Waals surface area (Å²) < 4.78 is 26.2. The fourth-order valence-corrected chi connectivity index (χ4v) is 5.85. The number of rotatable bonds is 15. The number of amides is 2. The first kappa shape index (κ1) is 32.6. The van der Waals surface area contributed by atoms with Gasteiger partial charge in [0.05, 0.1) is 43.7 Å². The maximum absolute atomic E-state index is 13.2. The fraction of sp³-hybridized carbons (Fsp3) is 0.257. The van der Waals surface area contributed by atoms with E-state index in [1.54, 1.807) is 26.4 Å². The molecular formula is C35H36N4O6S. The number of benzene rings is 4. The summed E-state index contributed by atoms with van der Waals surface area (Å²) in [4.78, 5) is 25.9. The van der Waals surface area contributed by atoms with Gasteiger partial charge in [0.25, 0.3) is 11.8 Å². The first-order valence-corrected chi connectivity index (χ1v) is 15.7. The lowest BCUT2D eigenvalue weighted by Gasteiger charge is -2.36. The van der Waals surface area contributed by atoms with Gasteiger partial charge >= 0.3 is 0 Å². The highest BCUT2D eigenvalue weighted by Gasteiger charge is 2.37. The van der Waals surface area contributed by atoms with E-state index in [0.29, 0.717) is 54.7 Å². The number of carbonyl (C=O) groups excluding carboxylic acids is 2. The number of hydrogen-bond donors (Lipinski definition) is 3. The summed E-state index contributed by atoms with van der Waals surface area (Å²) >= 11 is 0.942. The summed E-state index contributed by atoms with van der Waals surface area (Å²) in [7, 11) is 3.27. The number of methoxy groups -OCH3 is 2. The lowest BCUT2D eigenvalue weighted by Crippen LogP contribution is -2.34. The van der Waals surface area contributed by atoms with Gasteiger partial charge in [-0.05, 0) is 65.9 Å². The highest BCUT2D eigenvalue weighted by Crippen LogP contribution is 2.41. The van der Waals surface area contributed by atoms with Gasteiger partial charge in [0.15, 0.2) is 0 Å². The third-order valence-corrected chi connectivity index (χ3v) is 8.15. The molecule has 10 nitrogen and oxygen atoms in total. The summed E-state index contributed by atoms with van der Waals surface area (Å²) in [6, 6.07) is 28.9. The summed E-state index contributed by atoms with van der Waals surface area (Å²) in [6.45, 7) is 0.987. The monoisotopic (exact) mass is 640 g/mol. The summed E-state index contributed by atoms with van der Waals surface area (Å²) in [6.07, 6.45) is 0.970. The number of nitrogens with zero attached hydrogens (tertiary/aromatic N) is 2. The zero-order valence-corrected chi connectivity index (χ0v) is 26.5. The van der Waals surface area contributed by atoms with Gasteiger partial charge in [0.2, 0.25) is 0 Å². The Bertz CT molecular complexity index is 1700. The van der Waals surface area contributed by atoms with Crippen LogP contribution in [0, 0.1) is 0 Å². The van der Waals surface area contributed by atoms with E-state index >= 15 is 0 Å². The van der Waals surface area contributed by atoms with Gasteiger partial charge in [-0.1, -0.05) is 54.6 Å². The molecule has 0 fully saturated rings. The lowest BCUT2D eigenvalue weighted by molar-refractivity contribution is 0.0117. The Morgan fingerprint density at radius 1 is 0.696 bits per heavy atom. The topological polar surface area (TPSA) is 132 Å². The van der Waals surface area contributed by atoms with Gasteiger partial charge in [-0.3, -0.25) is 9.59 Å². The smallest absolute Gasteiger partial charge is 0.253 e. The molecule has 0 aliphatic heterocycles. The van der Waals surface area contributed by atoms with Crippen molar-refractivity contribution in [1.82, 2.24) is 19.4 Å². The van der Waals surface area contributed by atoms with Crippen molar-refractivity contribution >= 4 is 34.6 Å². The number of carbonyl (C=O) groups is 2. The number of aliphatic hydroxyl groups excluding tert-OH is 1. The lowest BCUT2D eigenvalue weighted by atomic mass is 9.80. The minimum Gasteiger partial charge on any atom is -0.497 e. The maximum Gasteiger partial charge on any atom is 0.253 e. The van der Waals surface area contributed by atoms with Gasteiger partial charge in [0.1, 0.15) is 28.1 Å². The molecule has 238 valence electrons. The molecule has 0 spiro atoms. The highest BCUT2D eigenvalue weighted by atomic mass is 32.1. The molecule has 4 aromatic carbocycles. The SMILES string of the molecule is COc1ccc(C(OCCCNC(=O)c2ccc(C(=O)NCCCO)c3nsnc23)(c2ccccc2)c2ccc(OC)cc2)cc1. The van der Waals surface area contributed by atoms with Crippen molar-refractivity contribution in [1.29, 1.82) is 0 Å². The maximum atomic E-state index is 13.2. The third kappa shape index (κ3) is 7.02. The molecule has 0 saturated carbocycles. The molecule has 5 aromatic rings. The quantitative estimate of drug-likeness (QED) is 0.108. The minimum absolute atomic E-state index is 0.0195. The second kappa shape index (κ2) is 15.4. The predicted octanol–water partition coefficient (Wildman–Crippen LogP) is 4.95. The number of aliphatic hydroxyl groups is 1. The molecule has 1 aromatic heterocycles. The first-order valence-electron chi connectivity index (χ1n) is 14.9. The second-order valence-electron chi connectivity index (χ2n) is 10.4. The van der Waals surface area contributed by atoms with Crippen molar-refractivity contribution in [2.75, 3.05) is 40.5 Å². The van der Waals surface area contributed by atoms with Gasteiger partial charge in [0, 0.05) is 19.7 Å². The molecule has 0 saturated heterocycles. The van der Waals surface area contributed by atoms with E-state index < -0.39 is 5.60 Å². The zero-order chi connectivity index (χ0) is 32.4. The average molecular weight is 641 g/mol. The van der Waals surface area contributed by atoms with Crippen LogP contribution in [0.25, 0.3) is 11.0 Å². The van der Waals surface area contributed by atoms with Crippen molar-refractivity contribution in [3.63, 3.8) is 0 Å². The molecule has 0 radical (unpaired) electrons. The van der Waals surface area contributed by atoms with E-state index in [1.165, 1.54) is 0 Å². The van der Waals surface area contributed by atoms with E-state index in [2.05, 4.69) is 19.4 Å². The Labute approximate surface area is 271 Å². The van der Waals surface area contributed by atoms with Gasteiger partial charge in [-0.2, -0.15) is 8.75 Å². The number of aromatic nitrogens is 2. The van der Waals surface area contributed by atoms with Crippen LogP contribution < -0.4 is 20.1 Å². The van der Waals surface area contributed by atoms with E-state index in [9.17, 15) is 9.59 Å². The molecule has 0 atom stereocenters. The van der Waals surface area contributed by atoms with Crippen molar-refractivity contribution in [2.24, 2.45) is 0 Å². The number of hydrogen-bond acceptors (Lipinski definition) is 9. The van der Waals surface area contributed by atoms with Crippen LogP contribution in [0.4, 0.5) is 0 Å². The average Bonchev–Trinajstić information content (AvgIpc) is 3.60. The second-order valence-corrected chi connectivity index (χ2v) is 10.9.